The molecule has 2 saturated heterocycles. The van der Waals surface area contributed by atoms with Crippen molar-refractivity contribution in [2.45, 2.75) is 16.9 Å². The maximum atomic E-state index is 14.6. The van der Waals surface area contributed by atoms with Crippen LogP contribution in [0.1, 0.15) is 11.7 Å². The smallest absolute Gasteiger partial charge is 0.259 e. The number of nitrogens with one attached hydrogen (secondary N) is 1. The second-order valence-corrected chi connectivity index (χ2v) is 13.5. The first-order valence-electron chi connectivity index (χ1n) is 14.1. The predicted octanol–water partition coefficient (Wildman–Crippen LogP) is 1.63. The monoisotopic (exact) mass is 602 g/mol. The number of amides is 1. The average Bonchev–Trinajstić information content (AvgIpc) is 3.56. The van der Waals surface area contributed by atoms with Gasteiger partial charge in [0.1, 0.15) is 13.2 Å². The minimum absolute atomic E-state index is 0.119. The summed E-state index contributed by atoms with van der Waals surface area (Å²) < 4.78 is 68.4. The Balaban J connectivity index is 0.996. The van der Waals surface area contributed by atoms with Crippen LogP contribution in [0.25, 0.3) is 0 Å². The van der Waals surface area contributed by atoms with Crippen molar-refractivity contribution < 1.29 is 36.6 Å². The van der Waals surface area contributed by atoms with Crippen molar-refractivity contribution in [3.63, 3.8) is 0 Å². The van der Waals surface area contributed by atoms with Gasteiger partial charge in [0.2, 0.25) is 10.0 Å². The van der Waals surface area contributed by atoms with Crippen LogP contribution in [-0.2, 0) is 14.8 Å². The number of carbonyl (C=O) groups excluding carboxylic acids is 1. The van der Waals surface area contributed by atoms with Gasteiger partial charge < -0.3 is 29.7 Å². The van der Waals surface area contributed by atoms with E-state index in [2.05, 4.69) is 5.32 Å². The number of ether oxygens (including phenoxy) is 2. The second-order valence-electron chi connectivity index (χ2n) is 11.6. The van der Waals surface area contributed by atoms with E-state index in [9.17, 15) is 27.1 Å². The highest BCUT2D eigenvalue weighted by atomic mass is 32.2. The minimum Gasteiger partial charge on any atom is -0.486 e. The molecule has 5 heterocycles. The molecule has 2 aromatic carbocycles. The van der Waals surface area contributed by atoms with Crippen LogP contribution < -0.4 is 19.7 Å². The molecule has 5 aliphatic rings. The number of carbonyl (C=O) groups is 1. The van der Waals surface area contributed by atoms with Crippen LogP contribution >= 0.6 is 0 Å². The van der Waals surface area contributed by atoms with Gasteiger partial charge >= 0.3 is 0 Å². The first-order chi connectivity index (χ1) is 20.1. The van der Waals surface area contributed by atoms with Gasteiger partial charge in [-0.15, -0.1) is 0 Å². The predicted molar refractivity (Wildman–Crippen MR) is 148 cm³/mol. The van der Waals surface area contributed by atoms with E-state index in [1.54, 1.807) is 24.3 Å². The van der Waals surface area contributed by atoms with Gasteiger partial charge in [-0.2, -0.15) is 4.31 Å². The average molecular weight is 603 g/mol. The quantitative estimate of drug-likeness (QED) is 0.497. The molecule has 5 aliphatic heterocycles. The van der Waals surface area contributed by atoms with E-state index < -0.39 is 39.8 Å². The summed E-state index contributed by atoms with van der Waals surface area (Å²) in [6.07, 6.45) is -1.42. The first-order valence-corrected chi connectivity index (χ1v) is 15.5. The molecular weight excluding hydrogens is 570 g/mol. The Kier molecular flexibility index (Phi) is 6.68. The summed E-state index contributed by atoms with van der Waals surface area (Å²) in [5.74, 6) is -3.87. The van der Waals surface area contributed by atoms with Gasteiger partial charge in [0.15, 0.2) is 17.6 Å². The fraction of sp³-hybridized carbons (Fsp3) is 0.483. The highest BCUT2D eigenvalue weighted by molar-refractivity contribution is 7.89. The van der Waals surface area contributed by atoms with E-state index in [4.69, 9.17) is 9.47 Å². The van der Waals surface area contributed by atoms with Gasteiger partial charge in [-0.1, -0.05) is 12.1 Å². The van der Waals surface area contributed by atoms with E-state index in [0.717, 1.165) is 11.1 Å². The lowest BCUT2D eigenvalue weighted by molar-refractivity contribution is -0.139. The fourth-order valence-electron chi connectivity index (χ4n) is 6.64. The van der Waals surface area contributed by atoms with Crippen molar-refractivity contribution in [2.24, 2.45) is 11.8 Å². The number of sulfonamides is 1. The fourth-order valence-corrected chi connectivity index (χ4v) is 8.08. The minimum atomic E-state index is -3.79. The zero-order valence-corrected chi connectivity index (χ0v) is 23.7. The summed E-state index contributed by atoms with van der Waals surface area (Å²) >= 11 is 0. The molecule has 7 rings (SSSR count). The molecule has 0 aliphatic carbocycles. The molecule has 3 unspecified atom stereocenters. The highest BCUT2D eigenvalue weighted by Gasteiger charge is 2.53. The van der Waals surface area contributed by atoms with Gasteiger partial charge in [0.05, 0.1) is 16.7 Å². The van der Waals surface area contributed by atoms with Gasteiger partial charge in [-0.3, -0.25) is 4.79 Å². The zero-order valence-electron chi connectivity index (χ0n) is 22.8. The van der Waals surface area contributed by atoms with Crippen LogP contribution in [0.4, 0.5) is 14.5 Å². The SMILES string of the molecule is O=C(C(O)c1cccc(N2CC3CNCC(C2)C3(F)F)c1)N1CC2=C(C1)CN(S(=O)(=O)c1ccc3c(c1)OCCO3)C2. The summed E-state index contributed by atoms with van der Waals surface area (Å²) in [4.78, 5) is 16.9. The molecule has 224 valence electrons. The molecule has 2 N–H and O–H groups in total. The highest BCUT2D eigenvalue weighted by Crippen LogP contribution is 2.41. The Hall–Kier alpha value is -3.26. The van der Waals surface area contributed by atoms with Crippen molar-refractivity contribution in [3.05, 3.63) is 59.2 Å². The Bertz CT molecular complexity index is 1530. The number of piperidine rings is 2. The molecular formula is C29H32F2N4O6S. The number of hydrogen-bond donors (Lipinski definition) is 2. The van der Waals surface area contributed by atoms with Crippen LogP contribution in [-0.4, -0.2) is 100 Å². The summed E-state index contributed by atoms with van der Waals surface area (Å²) in [7, 11) is -3.79. The van der Waals surface area contributed by atoms with E-state index in [-0.39, 0.29) is 57.3 Å². The van der Waals surface area contributed by atoms with Crippen LogP contribution in [0.2, 0.25) is 0 Å². The van der Waals surface area contributed by atoms with Crippen LogP contribution in [0.15, 0.2) is 58.5 Å². The Morgan fingerprint density at radius 3 is 2.31 bits per heavy atom. The molecule has 2 aromatic rings. The number of benzene rings is 2. The second kappa shape index (κ2) is 10.2. The zero-order chi connectivity index (χ0) is 29.2. The third-order valence-corrected chi connectivity index (χ3v) is 10.8. The topological polar surface area (TPSA) is 112 Å². The van der Waals surface area contributed by atoms with E-state index in [0.29, 0.717) is 36.0 Å². The molecule has 2 fully saturated rings. The van der Waals surface area contributed by atoms with E-state index in [1.165, 1.54) is 21.3 Å². The molecule has 0 aromatic heterocycles. The van der Waals surface area contributed by atoms with Crippen LogP contribution in [0, 0.1) is 11.8 Å². The number of rotatable bonds is 5. The number of fused-ring (bicyclic) bond motifs is 3. The molecule has 0 saturated carbocycles. The molecule has 42 heavy (non-hydrogen) atoms. The van der Waals surface area contributed by atoms with Gasteiger partial charge in [-0.25, -0.2) is 17.2 Å². The molecule has 3 atom stereocenters. The Morgan fingerprint density at radius 1 is 0.952 bits per heavy atom. The molecule has 0 spiro atoms. The molecule has 13 heteroatoms. The maximum Gasteiger partial charge on any atom is 0.259 e. The Morgan fingerprint density at radius 2 is 1.62 bits per heavy atom. The number of nitrogens with zero attached hydrogens (tertiary/aromatic N) is 3. The third kappa shape index (κ3) is 4.62. The number of aliphatic hydroxyl groups excluding tert-OH is 1. The number of hydrogen-bond acceptors (Lipinski definition) is 8. The molecule has 10 nitrogen and oxygen atoms in total. The molecule has 2 bridgehead atoms. The van der Waals surface area contributed by atoms with Gasteiger partial charge in [-0.05, 0) is 41.0 Å². The van der Waals surface area contributed by atoms with Crippen molar-refractivity contribution in [2.75, 3.05) is 70.5 Å². The normalized spacial score (nSPS) is 25.9. The number of alkyl halides is 2. The third-order valence-electron chi connectivity index (χ3n) is 9.00. The van der Waals surface area contributed by atoms with Crippen molar-refractivity contribution in [3.8, 4) is 11.5 Å². The summed E-state index contributed by atoms with van der Waals surface area (Å²) in [6, 6.07) is 11.5. The lowest BCUT2D eigenvalue weighted by Crippen LogP contribution is -2.62. The standard InChI is InChI=1S/C29H32F2N4O6S/c30-29(31)21-10-32-11-22(29)17-33(16-21)23-3-1-2-18(8-23)27(36)28(37)34-12-19-14-35(15-20(19)13-34)42(38,39)24-4-5-25-26(9-24)41-7-6-40-25/h1-5,8-9,21-22,27,32,36H,6-7,10-17H2. The number of anilines is 1. The summed E-state index contributed by atoms with van der Waals surface area (Å²) in [6.45, 7) is 2.45. The van der Waals surface area contributed by atoms with Crippen molar-refractivity contribution in [1.82, 2.24) is 14.5 Å². The largest absolute Gasteiger partial charge is 0.486 e. The van der Waals surface area contributed by atoms with Crippen molar-refractivity contribution in [1.29, 1.82) is 0 Å². The molecule has 1 amide bonds. The maximum absolute atomic E-state index is 14.6. The first kappa shape index (κ1) is 27.6. The van der Waals surface area contributed by atoms with Crippen molar-refractivity contribution >= 4 is 21.6 Å². The van der Waals surface area contributed by atoms with E-state index >= 15 is 0 Å². The lowest BCUT2D eigenvalue weighted by atomic mass is 9.81. The molecule has 0 radical (unpaired) electrons. The lowest BCUT2D eigenvalue weighted by Gasteiger charge is -2.48. The number of halogens is 2. The number of aliphatic hydroxyl groups is 1. The summed E-state index contributed by atoms with van der Waals surface area (Å²) in [5.41, 5.74) is 2.79. The van der Waals surface area contributed by atoms with Crippen LogP contribution in [0.5, 0.6) is 11.5 Å². The van der Waals surface area contributed by atoms with Gasteiger partial charge in [0, 0.05) is 64.1 Å². The van der Waals surface area contributed by atoms with Crippen LogP contribution in [0.3, 0.4) is 0 Å². The van der Waals surface area contributed by atoms with Gasteiger partial charge in [0.25, 0.3) is 11.8 Å². The Labute approximate surface area is 242 Å². The summed E-state index contributed by atoms with van der Waals surface area (Å²) in [5, 5.41) is 14.1. The van der Waals surface area contributed by atoms with E-state index in [1.807, 2.05) is 11.0 Å².